The zero-order chi connectivity index (χ0) is 13.0. The first-order valence-corrected chi connectivity index (χ1v) is 6.26. The monoisotopic (exact) mass is 270 g/mol. The summed E-state index contributed by atoms with van der Waals surface area (Å²) in [5.74, 6) is -1.86. The van der Waals surface area contributed by atoms with Gasteiger partial charge in [-0.1, -0.05) is 6.07 Å². The van der Waals surface area contributed by atoms with Crippen LogP contribution >= 0.6 is 11.3 Å². The molecule has 0 saturated carbocycles. The predicted octanol–water partition coefficient (Wildman–Crippen LogP) is 2.24. The van der Waals surface area contributed by atoms with Gasteiger partial charge in [-0.25, -0.2) is 8.78 Å². The van der Waals surface area contributed by atoms with Crippen LogP contribution in [0.1, 0.15) is 16.5 Å². The number of nitrogens with one attached hydrogen (secondary N) is 1. The van der Waals surface area contributed by atoms with E-state index in [2.05, 4.69) is 10.3 Å². The summed E-state index contributed by atoms with van der Waals surface area (Å²) < 4.78 is 25.7. The molecule has 0 amide bonds. The van der Waals surface area contributed by atoms with Crippen LogP contribution < -0.4 is 5.32 Å². The SMILES string of the molecule is OC(CNCc1cncs1)c1ccc(F)c(F)c1. The average Bonchev–Trinajstić information content (AvgIpc) is 2.85. The number of rotatable bonds is 5. The van der Waals surface area contributed by atoms with Crippen LogP contribution in [0.4, 0.5) is 8.78 Å². The van der Waals surface area contributed by atoms with Gasteiger partial charge in [-0.15, -0.1) is 11.3 Å². The lowest BCUT2D eigenvalue weighted by molar-refractivity contribution is 0.174. The van der Waals surface area contributed by atoms with E-state index in [0.717, 1.165) is 17.0 Å². The molecule has 6 heteroatoms. The number of halogens is 2. The molecule has 1 unspecified atom stereocenters. The van der Waals surface area contributed by atoms with Gasteiger partial charge in [0.2, 0.25) is 0 Å². The van der Waals surface area contributed by atoms with Crippen molar-refractivity contribution in [1.82, 2.24) is 10.3 Å². The molecule has 0 spiro atoms. The van der Waals surface area contributed by atoms with E-state index in [4.69, 9.17) is 0 Å². The summed E-state index contributed by atoms with van der Waals surface area (Å²) in [7, 11) is 0. The van der Waals surface area contributed by atoms with Crippen LogP contribution in [0.5, 0.6) is 0 Å². The Balaban J connectivity index is 1.87. The highest BCUT2D eigenvalue weighted by Crippen LogP contribution is 2.16. The van der Waals surface area contributed by atoms with E-state index in [1.165, 1.54) is 17.4 Å². The molecule has 2 N–H and O–H groups in total. The van der Waals surface area contributed by atoms with E-state index in [0.29, 0.717) is 12.1 Å². The van der Waals surface area contributed by atoms with Gasteiger partial charge in [0.25, 0.3) is 0 Å². The first-order chi connectivity index (χ1) is 8.66. The number of hydrogen-bond acceptors (Lipinski definition) is 4. The molecule has 0 bridgehead atoms. The molecule has 0 aliphatic carbocycles. The van der Waals surface area contributed by atoms with Gasteiger partial charge in [0, 0.05) is 24.2 Å². The van der Waals surface area contributed by atoms with E-state index in [1.807, 2.05) is 0 Å². The highest BCUT2D eigenvalue weighted by Gasteiger charge is 2.10. The van der Waals surface area contributed by atoms with Crippen molar-refractivity contribution in [3.63, 3.8) is 0 Å². The minimum absolute atomic E-state index is 0.267. The number of aromatic nitrogens is 1. The van der Waals surface area contributed by atoms with E-state index >= 15 is 0 Å². The highest BCUT2D eigenvalue weighted by molar-refractivity contribution is 7.09. The molecule has 18 heavy (non-hydrogen) atoms. The molecule has 1 heterocycles. The average molecular weight is 270 g/mol. The van der Waals surface area contributed by atoms with E-state index in [-0.39, 0.29) is 6.54 Å². The Morgan fingerprint density at radius 3 is 2.83 bits per heavy atom. The molecule has 0 radical (unpaired) electrons. The lowest BCUT2D eigenvalue weighted by Gasteiger charge is -2.11. The summed E-state index contributed by atoms with van der Waals surface area (Å²) in [4.78, 5) is 4.97. The van der Waals surface area contributed by atoms with Crippen molar-refractivity contribution < 1.29 is 13.9 Å². The molecule has 96 valence electrons. The Morgan fingerprint density at radius 1 is 1.33 bits per heavy atom. The van der Waals surface area contributed by atoms with Gasteiger partial charge < -0.3 is 10.4 Å². The first-order valence-electron chi connectivity index (χ1n) is 5.38. The van der Waals surface area contributed by atoms with E-state index in [9.17, 15) is 13.9 Å². The molecule has 1 aromatic heterocycles. The lowest BCUT2D eigenvalue weighted by atomic mass is 10.1. The quantitative estimate of drug-likeness (QED) is 0.876. The van der Waals surface area contributed by atoms with Gasteiger partial charge in [0.05, 0.1) is 11.6 Å². The van der Waals surface area contributed by atoms with Gasteiger partial charge in [-0.05, 0) is 17.7 Å². The summed E-state index contributed by atoms with van der Waals surface area (Å²) >= 11 is 1.51. The van der Waals surface area contributed by atoms with Gasteiger partial charge in [-0.3, -0.25) is 4.98 Å². The second kappa shape index (κ2) is 5.99. The predicted molar refractivity (Wildman–Crippen MR) is 65.1 cm³/mol. The van der Waals surface area contributed by atoms with Crippen molar-refractivity contribution in [3.8, 4) is 0 Å². The fourth-order valence-electron chi connectivity index (χ4n) is 1.50. The van der Waals surface area contributed by atoms with Crippen molar-refractivity contribution in [2.24, 2.45) is 0 Å². The summed E-state index contributed by atoms with van der Waals surface area (Å²) in [6, 6.07) is 3.39. The number of aliphatic hydroxyl groups is 1. The summed E-state index contributed by atoms with van der Waals surface area (Å²) in [5.41, 5.74) is 2.08. The summed E-state index contributed by atoms with van der Waals surface area (Å²) in [5, 5.41) is 12.8. The third-order valence-corrected chi connectivity index (χ3v) is 3.23. The normalized spacial score (nSPS) is 12.6. The van der Waals surface area contributed by atoms with Gasteiger partial charge in [0.1, 0.15) is 0 Å². The number of thiazole rings is 1. The van der Waals surface area contributed by atoms with Crippen molar-refractivity contribution in [1.29, 1.82) is 0 Å². The zero-order valence-electron chi connectivity index (χ0n) is 9.44. The number of aliphatic hydroxyl groups excluding tert-OH is 1. The summed E-state index contributed by atoms with van der Waals surface area (Å²) in [6.45, 7) is 0.856. The Morgan fingerprint density at radius 2 is 2.17 bits per heavy atom. The Bertz CT molecular complexity index is 505. The maximum Gasteiger partial charge on any atom is 0.159 e. The van der Waals surface area contributed by atoms with Crippen molar-refractivity contribution in [2.45, 2.75) is 12.6 Å². The second-order valence-corrected chi connectivity index (χ2v) is 4.76. The van der Waals surface area contributed by atoms with Gasteiger partial charge in [0.15, 0.2) is 11.6 Å². The first kappa shape index (κ1) is 13.1. The zero-order valence-corrected chi connectivity index (χ0v) is 10.3. The van der Waals surface area contributed by atoms with Crippen molar-refractivity contribution >= 4 is 11.3 Å². The molecule has 2 rings (SSSR count). The van der Waals surface area contributed by atoms with E-state index < -0.39 is 17.7 Å². The van der Waals surface area contributed by atoms with Gasteiger partial charge in [-0.2, -0.15) is 0 Å². The number of benzene rings is 1. The fraction of sp³-hybridized carbons (Fsp3) is 0.250. The Kier molecular flexibility index (Phi) is 4.35. The minimum Gasteiger partial charge on any atom is -0.387 e. The lowest BCUT2D eigenvalue weighted by Crippen LogP contribution is -2.20. The maximum atomic E-state index is 13.0. The second-order valence-electron chi connectivity index (χ2n) is 3.79. The highest BCUT2D eigenvalue weighted by atomic mass is 32.1. The Labute approximate surface area is 107 Å². The molecule has 0 saturated heterocycles. The third-order valence-electron chi connectivity index (χ3n) is 2.45. The molecule has 0 aliphatic heterocycles. The molecular formula is C12H12F2N2OS. The topological polar surface area (TPSA) is 45.1 Å². The molecule has 2 aromatic rings. The maximum absolute atomic E-state index is 13.0. The van der Waals surface area contributed by atoms with Crippen LogP contribution in [0, 0.1) is 11.6 Å². The standard InChI is InChI=1S/C12H12F2N2OS/c13-10-2-1-8(3-11(10)14)12(17)6-15-4-9-5-16-7-18-9/h1-3,5,7,12,15,17H,4,6H2. The number of nitrogens with zero attached hydrogens (tertiary/aromatic N) is 1. The molecular weight excluding hydrogens is 258 g/mol. The van der Waals surface area contributed by atoms with Crippen molar-refractivity contribution in [2.75, 3.05) is 6.54 Å². The van der Waals surface area contributed by atoms with Crippen LogP contribution in [-0.4, -0.2) is 16.6 Å². The Hall–Kier alpha value is -1.37. The van der Waals surface area contributed by atoms with Crippen LogP contribution in [0.2, 0.25) is 0 Å². The smallest absolute Gasteiger partial charge is 0.159 e. The molecule has 0 aliphatic rings. The van der Waals surface area contributed by atoms with E-state index in [1.54, 1.807) is 11.7 Å². The fourth-order valence-corrected chi connectivity index (χ4v) is 2.06. The van der Waals surface area contributed by atoms with Crippen LogP contribution in [0.3, 0.4) is 0 Å². The van der Waals surface area contributed by atoms with Gasteiger partial charge >= 0.3 is 0 Å². The van der Waals surface area contributed by atoms with Crippen molar-refractivity contribution in [3.05, 3.63) is 52.0 Å². The largest absolute Gasteiger partial charge is 0.387 e. The number of hydrogen-bond donors (Lipinski definition) is 2. The molecule has 1 aromatic carbocycles. The molecule has 1 atom stereocenters. The van der Waals surface area contributed by atoms with Crippen LogP contribution in [0.25, 0.3) is 0 Å². The summed E-state index contributed by atoms with van der Waals surface area (Å²) in [6.07, 6.45) is 0.870. The third kappa shape index (κ3) is 3.32. The minimum atomic E-state index is -0.950. The van der Waals surface area contributed by atoms with Crippen LogP contribution in [-0.2, 0) is 6.54 Å². The van der Waals surface area contributed by atoms with Crippen LogP contribution in [0.15, 0.2) is 29.9 Å². The molecule has 0 fully saturated rings. The molecule has 3 nitrogen and oxygen atoms in total.